The fourth-order valence-electron chi connectivity index (χ4n) is 3.92. The summed E-state index contributed by atoms with van der Waals surface area (Å²) in [6, 6.07) is 21.6. The second-order valence-corrected chi connectivity index (χ2v) is 7.88. The van der Waals surface area contributed by atoms with E-state index in [1.807, 2.05) is 72.9 Å². The lowest BCUT2D eigenvalue weighted by atomic mass is 9.87. The van der Waals surface area contributed by atoms with Crippen LogP contribution in [0.15, 0.2) is 72.9 Å². The molecule has 0 bridgehead atoms. The molecular formula is C24H19N3O3S. The van der Waals surface area contributed by atoms with Crippen molar-refractivity contribution < 1.29 is 14.6 Å². The predicted octanol–water partition coefficient (Wildman–Crippen LogP) is 5.36. The maximum atomic E-state index is 11.7. The SMILES string of the molecule is O=C(O)CC(c1c[nH]c2cc(OCc3ccccc3)ccc12)c1cccc2nsnc12. The average Bonchev–Trinajstić information content (AvgIpc) is 3.43. The molecule has 0 radical (unpaired) electrons. The van der Waals surface area contributed by atoms with Gasteiger partial charge in [0.2, 0.25) is 0 Å². The number of nitrogens with one attached hydrogen (secondary N) is 1. The molecule has 2 heterocycles. The summed E-state index contributed by atoms with van der Waals surface area (Å²) in [4.78, 5) is 15.0. The molecular weight excluding hydrogens is 410 g/mol. The van der Waals surface area contributed by atoms with Crippen molar-refractivity contribution in [2.45, 2.75) is 18.9 Å². The Balaban J connectivity index is 1.50. The molecule has 1 unspecified atom stereocenters. The molecule has 0 aliphatic carbocycles. The van der Waals surface area contributed by atoms with Crippen molar-refractivity contribution in [3.8, 4) is 5.75 Å². The van der Waals surface area contributed by atoms with Crippen LogP contribution in [0.3, 0.4) is 0 Å². The second-order valence-electron chi connectivity index (χ2n) is 7.36. The molecule has 0 fully saturated rings. The van der Waals surface area contributed by atoms with E-state index in [0.717, 1.165) is 56.1 Å². The number of carbonyl (C=O) groups is 1. The van der Waals surface area contributed by atoms with Gasteiger partial charge in [-0.05, 0) is 34.9 Å². The van der Waals surface area contributed by atoms with E-state index in [9.17, 15) is 9.90 Å². The number of aromatic amines is 1. The molecule has 2 N–H and O–H groups in total. The number of carboxylic acid groups (broad SMARTS) is 1. The molecule has 0 saturated heterocycles. The molecule has 0 aliphatic rings. The zero-order chi connectivity index (χ0) is 21.2. The van der Waals surface area contributed by atoms with Gasteiger partial charge in [-0.1, -0.05) is 42.5 Å². The highest BCUT2D eigenvalue weighted by Crippen LogP contribution is 2.37. The molecule has 1 atom stereocenters. The Morgan fingerprint density at radius 1 is 1.03 bits per heavy atom. The topological polar surface area (TPSA) is 88.1 Å². The quantitative estimate of drug-likeness (QED) is 0.364. The van der Waals surface area contributed by atoms with Crippen LogP contribution in [0.25, 0.3) is 21.9 Å². The zero-order valence-electron chi connectivity index (χ0n) is 16.5. The van der Waals surface area contributed by atoms with Gasteiger partial charge in [0, 0.05) is 29.1 Å². The average molecular weight is 430 g/mol. The van der Waals surface area contributed by atoms with Crippen LogP contribution in [-0.4, -0.2) is 24.8 Å². The van der Waals surface area contributed by atoms with Crippen LogP contribution in [0, 0.1) is 0 Å². The Hall–Kier alpha value is -3.71. The van der Waals surface area contributed by atoms with Crippen LogP contribution >= 0.6 is 11.7 Å². The maximum Gasteiger partial charge on any atom is 0.304 e. The van der Waals surface area contributed by atoms with Crippen molar-refractivity contribution in [3.63, 3.8) is 0 Å². The van der Waals surface area contributed by atoms with Gasteiger partial charge in [-0.3, -0.25) is 4.79 Å². The minimum absolute atomic E-state index is 0.0319. The van der Waals surface area contributed by atoms with Crippen LogP contribution in [0.1, 0.15) is 29.0 Å². The molecule has 2 aromatic heterocycles. The summed E-state index contributed by atoms with van der Waals surface area (Å²) in [6.07, 6.45) is 1.85. The normalized spacial score (nSPS) is 12.3. The molecule has 0 aliphatic heterocycles. The third kappa shape index (κ3) is 3.87. The standard InChI is InChI=1S/C24H19N3O3S/c28-23(29)12-19(18-7-4-8-21-24(18)27-31-26-21)20-13-25-22-11-16(9-10-17(20)22)30-14-15-5-2-1-3-6-15/h1-11,13,19,25H,12,14H2,(H,28,29). The van der Waals surface area contributed by atoms with Crippen molar-refractivity contribution in [2.24, 2.45) is 0 Å². The van der Waals surface area contributed by atoms with E-state index in [-0.39, 0.29) is 12.3 Å². The zero-order valence-corrected chi connectivity index (χ0v) is 17.3. The van der Waals surface area contributed by atoms with Gasteiger partial charge in [0.1, 0.15) is 23.4 Å². The number of nitrogens with zero attached hydrogens (tertiary/aromatic N) is 2. The second kappa shape index (κ2) is 8.20. The number of benzene rings is 3. The molecule has 31 heavy (non-hydrogen) atoms. The summed E-state index contributed by atoms with van der Waals surface area (Å²) in [5.74, 6) is -0.442. The highest BCUT2D eigenvalue weighted by molar-refractivity contribution is 7.00. The number of H-pyrrole nitrogens is 1. The van der Waals surface area contributed by atoms with Gasteiger partial charge in [0.25, 0.3) is 0 Å². The number of ether oxygens (including phenoxy) is 1. The fraction of sp³-hybridized carbons (Fsp3) is 0.125. The van der Waals surface area contributed by atoms with Crippen LogP contribution in [0.5, 0.6) is 5.75 Å². The van der Waals surface area contributed by atoms with E-state index >= 15 is 0 Å². The highest BCUT2D eigenvalue weighted by atomic mass is 32.1. The minimum Gasteiger partial charge on any atom is -0.489 e. The predicted molar refractivity (Wildman–Crippen MR) is 121 cm³/mol. The Morgan fingerprint density at radius 3 is 2.74 bits per heavy atom. The van der Waals surface area contributed by atoms with E-state index < -0.39 is 5.97 Å². The van der Waals surface area contributed by atoms with Gasteiger partial charge >= 0.3 is 5.97 Å². The maximum absolute atomic E-state index is 11.7. The molecule has 3 aromatic carbocycles. The molecule has 154 valence electrons. The van der Waals surface area contributed by atoms with Gasteiger partial charge in [-0.15, -0.1) is 0 Å². The Morgan fingerprint density at radius 2 is 1.90 bits per heavy atom. The molecule has 0 spiro atoms. The van der Waals surface area contributed by atoms with Crippen LogP contribution in [0.4, 0.5) is 0 Å². The molecule has 0 amide bonds. The van der Waals surface area contributed by atoms with Crippen LogP contribution < -0.4 is 4.74 Å². The van der Waals surface area contributed by atoms with Gasteiger partial charge in [0.05, 0.1) is 18.1 Å². The summed E-state index contributed by atoms with van der Waals surface area (Å²) in [5.41, 5.74) is 5.34. The van der Waals surface area contributed by atoms with Gasteiger partial charge in [0.15, 0.2) is 0 Å². The number of hydrogen-bond donors (Lipinski definition) is 2. The van der Waals surface area contributed by atoms with Crippen LogP contribution in [-0.2, 0) is 11.4 Å². The Kier molecular flexibility index (Phi) is 5.09. The number of carboxylic acids is 1. The minimum atomic E-state index is -0.859. The summed E-state index contributed by atoms with van der Waals surface area (Å²) in [6.45, 7) is 0.486. The molecule has 0 saturated carbocycles. The Bertz CT molecular complexity index is 1360. The largest absolute Gasteiger partial charge is 0.489 e. The van der Waals surface area contributed by atoms with Crippen molar-refractivity contribution in [3.05, 3.63) is 89.6 Å². The van der Waals surface area contributed by atoms with Crippen molar-refractivity contribution in [1.29, 1.82) is 0 Å². The lowest BCUT2D eigenvalue weighted by Crippen LogP contribution is -2.08. The van der Waals surface area contributed by atoms with Crippen molar-refractivity contribution >= 4 is 39.6 Å². The monoisotopic (exact) mass is 429 g/mol. The number of aromatic nitrogens is 3. The van der Waals surface area contributed by atoms with Gasteiger partial charge < -0.3 is 14.8 Å². The number of hydrogen-bond acceptors (Lipinski definition) is 5. The third-order valence-corrected chi connectivity index (χ3v) is 5.92. The smallest absolute Gasteiger partial charge is 0.304 e. The number of aliphatic carboxylic acids is 1. The summed E-state index contributed by atoms with van der Waals surface area (Å²) in [5, 5.41) is 10.6. The first-order valence-electron chi connectivity index (χ1n) is 9.90. The van der Waals surface area contributed by atoms with Gasteiger partial charge in [-0.25, -0.2) is 0 Å². The lowest BCUT2D eigenvalue weighted by Gasteiger charge is -2.15. The van der Waals surface area contributed by atoms with Gasteiger partial charge in [-0.2, -0.15) is 8.75 Å². The summed E-state index contributed by atoms with van der Waals surface area (Å²) in [7, 11) is 0. The molecule has 7 heteroatoms. The summed E-state index contributed by atoms with van der Waals surface area (Å²) >= 11 is 1.14. The van der Waals surface area contributed by atoms with Crippen LogP contribution in [0.2, 0.25) is 0 Å². The lowest BCUT2D eigenvalue weighted by molar-refractivity contribution is -0.137. The first-order chi connectivity index (χ1) is 15.2. The van der Waals surface area contributed by atoms with E-state index in [0.29, 0.717) is 6.61 Å². The number of rotatable bonds is 7. The Labute approximate surface area is 182 Å². The number of fused-ring (bicyclic) bond motifs is 2. The van der Waals surface area contributed by atoms with Crippen molar-refractivity contribution in [1.82, 2.24) is 13.7 Å². The van der Waals surface area contributed by atoms with E-state index in [4.69, 9.17) is 4.74 Å². The fourth-order valence-corrected chi connectivity index (χ4v) is 4.47. The summed E-state index contributed by atoms with van der Waals surface area (Å²) < 4.78 is 14.6. The first-order valence-corrected chi connectivity index (χ1v) is 10.6. The highest BCUT2D eigenvalue weighted by Gasteiger charge is 2.24. The molecule has 5 aromatic rings. The molecule has 6 nitrogen and oxygen atoms in total. The first kappa shape index (κ1) is 19.3. The van der Waals surface area contributed by atoms with E-state index in [1.54, 1.807) is 0 Å². The van der Waals surface area contributed by atoms with E-state index in [2.05, 4.69) is 13.7 Å². The van der Waals surface area contributed by atoms with Crippen molar-refractivity contribution in [2.75, 3.05) is 0 Å². The third-order valence-electron chi connectivity index (χ3n) is 5.38. The molecule has 5 rings (SSSR count). The van der Waals surface area contributed by atoms with E-state index in [1.165, 1.54) is 0 Å².